The first-order chi connectivity index (χ1) is 28.3. The first-order valence-electron chi connectivity index (χ1n) is 19.3. The van der Waals surface area contributed by atoms with Crippen LogP contribution in [0.15, 0.2) is 194 Å². The quantitative estimate of drug-likeness (QED) is 0.181. The second-order valence-corrected chi connectivity index (χ2v) is 14.7. The Kier molecular flexibility index (Phi) is 6.78. The van der Waals surface area contributed by atoms with Gasteiger partial charge in [0.1, 0.15) is 11.5 Å². The number of para-hydroxylation sites is 4. The van der Waals surface area contributed by atoms with Gasteiger partial charge in [-0.2, -0.15) is 0 Å². The van der Waals surface area contributed by atoms with Crippen LogP contribution < -0.4 is 4.74 Å². The van der Waals surface area contributed by atoms with Gasteiger partial charge in [-0.1, -0.05) is 152 Å². The van der Waals surface area contributed by atoms with E-state index in [4.69, 9.17) is 19.7 Å². The monoisotopic (exact) mass is 728 g/mol. The predicted octanol–water partition coefficient (Wildman–Crippen LogP) is 12.4. The van der Waals surface area contributed by atoms with Gasteiger partial charge in [0.25, 0.3) is 0 Å². The SMILES string of the molecule is c1ccc(-c2nc(-c3ccccc3)nc(-c3cccc4c3-c3cc5c6ccccc6n(-c6ccccc6)c5cc3C43c4ccccc4Oc4ccccc43)n2)cc1. The third kappa shape index (κ3) is 4.54. The molecule has 1 aliphatic heterocycles. The van der Waals surface area contributed by atoms with E-state index in [1.807, 2.05) is 36.4 Å². The summed E-state index contributed by atoms with van der Waals surface area (Å²) < 4.78 is 9.14. The largest absolute Gasteiger partial charge is 0.457 e. The molecule has 0 N–H and O–H groups in total. The molecule has 0 atom stereocenters. The Morgan fingerprint density at radius 2 is 0.930 bits per heavy atom. The molecule has 5 heteroatoms. The summed E-state index contributed by atoms with van der Waals surface area (Å²) in [6.07, 6.45) is 0. The molecular formula is C52H32N4O. The summed E-state index contributed by atoms with van der Waals surface area (Å²) in [6.45, 7) is 0. The summed E-state index contributed by atoms with van der Waals surface area (Å²) in [5.74, 6) is 3.59. The molecular weight excluding hydrogens is 697 g/mol. The maximum atomic E-state index is 6.73. The number of nitrogens with zero attached hydrogens (tertiary/aromatic N) is 4. The van der Waals surface area contributed by atoms with Crippen LogP contribution in [0.2, 0.25) is 0 Å². The molecule has 0 fully saturated rings. The predicted molar refractivity (Wildman–Crippen MR) is 228 cm³/mol. The molecule has 1 spiro atoms. The van der Waals surface area contributed by atoms with Gasteiger partial charge in [-0.15, -0.1) is 0 Å². The zero-order valence-electron chi connectivity index (χ0n) is 30.7. The molecule has 0 bridgehead atoms. The average molecular weight is 729 g/mol. The highest BCUT2D eigenvalue weighted by Crippen LogP contribution is 2.64. The maximum Gasteiger partial charge on any atom is 0.164 e. The first kappa shape index (κ1) is 31.7. The molecule has 0 saturated heterocycles. The van der Waals surface area contributed by atoms with E-state index in [9.17, 15) is 0 Å². The molecule has 0 radical (unpaired) electrons. The van der Waals surface area contributed by atoms with Crippen molar-refractivity contribution in [2.45, 2.75) is 5.41 Å². The lowest BCUT2D eigenvalue weighted by atomic mass is 9.66. The van der Waals surface area contributed by atoms with E-state index < -0.39 is 5.41 Å². The molecule has 3 heterocycles. The molecule has 266 valence electrons. The highest BCUT2D eigenvalue weighted by Gasteiger charge is 2.52. The van der Waals surface area contributed by atoms with Crippen LogP contribution in [-0.2, 0) is 5.41 Å². The van der Waals surface area contributed by atoms with Gasteiger partial charge >= 0.3 is 0 Å². The molecule has 10 aromatic rings. The van der Waals surface area contributed by atoms with Crippen molar-refractivity contribution < 1.29 is 4.74 Å². The second kappa shape index (κ2) is 12.2. The normalized spacial score (nSPS) is 13.2. The smallest absolute Gasteiger partial charge is 0.164 e. The molecule has 0 saturated carbocycles. The molecule has 0 unspecified atom stereocenters. The van der Waals surface area contributed by atoms with Gasteiger partial charge in [0, 0.05) is 44.3 Å². The molecule has 2 aromatic heterocycles. The molecule has 2 aliphatic rings. The van der Waals surface area contributed by atoms with Crippen molar-refractivity contribution in [2.75, 3.05) is 0 Å². The van der Waals surface area contributed by atoms with E-state index >= 15 is 0 Å². The Labute approximate surface area is 329 Å². The Hall–Kier alpha value is -7.63. The number of fused-ring (bicyclic) bond motifs is 12. The van der Waals surface area contributed by atoms with Crippen LogP contribution in [0.5, 0.6) is 11.5 Å². The fraction of sp³-hybridized carbons (Fsp3) is 0.0192. The number of aromatic nitrogens is 4. The Morgan fingerprint density at radius 1 is 0.386 bits per heavy atom. The molecule has 0 amide bonds. The summed E-state index contributed by atoms with van der Waals surface area (Å²) in [5.41, 5.74) is 12.4. The van der Waals surface area contributed by atoms with Gasteiger partial charge in [0.2, 0.25) is 0 Å². The van der Waals surface area contributed by atoms with Gasteiger partial charge in [-0.05, 0) is 64.7 Å². The third-order valence-corrected chi connectivity index (χ3v) is 11.7. The van der Waals surface area contributed by atoms with Crippen molar-refractivity contribution in [2.24, 2.45) is 0 Å². The summed E-state index contributed by atoms with van der Waals surface area (Å²) in [4.78, 5) is 15.6. The maximum absolute atomic E-state index is 6.73. The van der Waals surface area contributed by atoms with Crippen molar-refractivity contribution in [1.29, 1.82) is 0 Å². The minimum atomic E-state index is -0.699. The van der Waals surface area contributed by atoms with Crippen LogP contribution >= 0.6 is 0 Å². The van der Waals surface area contributed by atoms with Crippen LogP contribution in [0.4, 0.5) is 0 Å². The van der Waals surface area contributed by atoms with Gasteiger partial charge < -0.3 is 9.30 Å². The average Bonchev–Trinajstić information content (AvgIpc) is 3.76. The number of ether oxygens (including phenoxy) is 1. The van der Waals surface area contributed by atoms with E-state index in [1.54, 1.807) is 0 Å². The van der Waals surface area contributed by atoms with Crippen LogP contribution in [0.25, 0.3) is 72.8 Å². The fourth-order valence-electron chi connectivity index (χ4n) is 9.38. The Balaban J connectivity index is 1.24. The lowest BCUT2D eigenvalue weighted by Crippen LogP contribution is -2.32. The summed E-state index contributed by atoms with van der Waals surface area (Å²) in [7, 11) is 0. The number of hydrogen-bond donors (Lipinski definition) is 0. The van der Waals surface area contributed by atoms with Crippen LogP contribution in [0.3, 0.4) is 0 Å². The van der Waals surface area contributed by atoms with E-state index in [-0.39, 0.29) is 0 Å². The molecule has 12 rings (SSSR count). The fourth-order valence-corrected chi connectivity index (χ4v) is 9.38. The van der Waals surface area contributed by atoms with Crippen molar-refractivity contribution in [3.8, 4) is 62.5 Å². The number of rotatable bonds is 4. The highest BCUT2D eigenvalue weighted by atomic mass is 16.5. The van der Waals surface area contributed by atoms with Crippen molar-refractivity contribution in [3.63, 3.8) is 0 Å². The lowest BCUT2D eigenvalue weighted by molar-refractivity contribution is 0.436. The van der Waals surface area contributed by atoms with Crippen molar-refractivity contribution >= 4 is 21.8 Å². The molecule has 1 aliphatic carbocycles. The minimum Gasteiger partial charge on any atom is -0.457 e. The van der Waals surface area contributed by atoms with E-state index in [0.29, 0.717) is 17.5 Å². The summed E-state index contributed by atoms with van der Waals surface area (Å²) in [6, 6.07) is 68.3. The summed E-state index contributed by atoms with van der Waals surface area (Å²) in [5, 5.41) is 2.38. The standard InChI is InChI=1S/C52H32N4O/c1-4-17-33(18-5-1)49-53-50(34-19-6-2-7-20-34)55-51(54-49)37-24-16-27-42-48(37)39-31-38-36-23-10-13-28-44(36)56(35-21-8-3-9-22-35)45(38)32-43(39)52(42)40-25-11-14-29-46(40)57-47-30-15-12-26-41(47)52/h1-32H. The Bertz CT molecular complexity index is 3110. The first-order valence-corrected chi connectivity index (χ1v) is 19.3. The Morgan fingerprint density at radius 3 is 1.60 bits per heavy atom. The van der Waals surface area contributed by atoms with Gasteiger partial charge in [-0.25, -0.2) is 15.0 Å². The third-order valence-electron chi connectivity index (χ3n) is 11.7. The highest BCUT2D eigenvalue weighted by molar-refractivity contribution is 6.13. The van der Waals surface area contributed by atoms with Gasteiger partial charge in [-0.3, -0.25) is 0 Å². The summed E-state index contributed by atoms with van der Waals surface area (Å²) >= 11 is 0. The lowest BCUT2D eigenvalue weighted by Gasteiger charge is -2.39. The minimum absolute atomic E-state index is 0.628. The van der Waals surface area contributed by atoms with Gasteiger partial charge in [0.05, 0.1) is 16.4 Å². The molecule has 8 aromatic carbocycles. The van der Waals surface area contributed by atoms with Crippen molar-refractivity contribution in [1.82, 2.24) is 19.5 Å². The van der Waals surface area contributed by atoms with E-state index in [1.165, 1.54) is 21.9 Å². The molecule has 5 nitrogen and oxygen atoms in total. The number of benzene rings is 8. The van der Waals surface area contributed by atoms with Gasteiger partial charge in [0.15, 0.2) is 17.5 Å². The van der Waals surface area contributed by atoms with E-state index in [2.05, 4.69) is 162 Å². The zero-order chi connectivity index (χ0) is 37.5. The second-order valence-electron chi connectivity index (χ2n) is 14.7. The van der Waals surface area contributed by atoms with Crippen LogP contribution in [0, 0.1) is 0 Å². The number of hydrogen-bond acceptors (Lipinski definition) is 4. The van der Waals surface area contributed by atoms with Crippen LogP contribution in [-0.4, -0.2) is 19.5 Å². The molecule has 57 heavy (non-hydrogen) atoms. The van der Waals surface area contributed by atoms with Crippen molar-refractivity contribution in [3.05, 3.63) is 216 Å². The van der Waals surface area contributed by atoms with E-state index in [0.717, 1.165) is 67.2 Å². The van der Waals surface area contributed by atoms with Crippen LogP contribution in [0.1, 0.15) is 22.3 Å². The zero-order valence-corrected chi connectivity index (χ0v) is 30.7. The topological polar surface area (TPSA) is 52.8 Å².